The molecule has 3 rings (SSSR count). The summed E-state index contributed by atoms with van der Waals surface area (Å²) in [6.45, 7) is 1.56. The first-order chi connectivity index (χ1) is 10.1. The van der Waals surface area contributed by atoms with Crippen molar-refractivity contribution in [2.75, 3.05) is 0 Å². The lowest BCUT2D eigenvalue weighted by Crippen LogP contribution is -2.45. The van der Waals surface area contributed by atoms with Crippen molar-refractivity contribution in [3.63, 3.8) is 0 Å². The summed E-state index contributed by atoms with van der Waals surface area (Å²) in [5, 5.41) is 1.47. The SMILES string of the molecule is CC(=O)ON1[C@@H]2C=C[C@@H](C2)[C@@H]1C(=O)OCc1ccccc1. The predicted octanol–water partition coefficient (Wildman–Crippen LogP) is 1.84. The Morgan fingerprint density at radius 2 is 2.00 bits per heavy atom. The normalized spacial score (nSPS) is 26.8. The zero-order chi connectivity index (χ0) is 14.8. The van der Waals surface area contributed by atoms with Crippen molar-refractivity contribution < 1.29 is 19.2 Å². The molecule has 1 fully saturated rings. The van der Waals surface area contributed by atoms with Crippen molar-refractivity contribution in [1.82, 2.24) is 5.06 Å². The van der Waals surface area contributed by atoms with E-state index >= 15 is 0 Å². The summed E-state index contributed by atoms with van der Waals surface area (Å²) < 4.78 is 5.37. The van der Waals surface area contributed by atoms with Crippen LogP contribution in [-0.2, 0) is 25.8 Å². The van der Waals surface area contributed by atoms with E-state index in [0.29, 0.717) is 0 Å². The third-order valence-corrected chi connectivity index (χ3v) is 3.80. The van der Waals surface area contributed by atoms with Crippen LogP contribution in [0.5, 0.6) is 0 Å². The van der Waals surface area contributed by atoms with Crippen LogP contribution in [0, 0.1) is 5.92 Å². The number of fused-ring (bicyclic) bond motifs is 2. The van der Waals surface area contributed by atoms with Gasteiger partial charge >= 0.3 is 11.9 Å². The van der Waals surface area contributed by atoms with Crippen LogP contribution >= 0.6 is 0 Å². The minimum atomic E-state index is -0.535. The van der Waals surface area contributed by atoms with Gasteiger partial charge in [0.05, 0.1) is 6.04 Å². The summed E-state index contributed by atoms with van der Waals surface area (Å²) in [7, 11) is 0. The fourth-order valence-corrected chi connectivity index (χ4v) is 2.89. The van der Waals surface area contributed by atoms with E-state index < -0.39 is 12.0 Å². The van der Waals surface area contributed by atoms with Gasteiger partial charge in [0, 0.05) is 12.8 Å². The second kappa shape index (κ2) is 5.69. The van der Waals surface area contributed by atoms with Gasteiger partial charge in [-0.05, 0) is 12.0 Å². The Morgan fingerprint density at radius 1 is 1.24 bits per heavy atom. The second-order valence-corrected chi connectivity index (χ2v) is 5.33. The quantitative estimate of drug-likeness (QED) is 0.624. The van der Waals surface area contributed by atoms with Crippen LogP contribution in [0.25, 0.3) is 0 Å². The molecule has 1 aromatic rings. The predicted molar refractivity (Wildman–Crippen MR) is 74.7 cm³/mol. The first kappa shape index (κ1) is 13.8. The topological polar surface area (TPSA) is 55.8 Å². The summed E-state index contributed by atoms with van der Waals surface area (Å²) in [5.74, 6) is -0.716. The molecule has 0 aromatic heterocycles. The number of ether oxygens (including phenoxy) is 1. The van der Waals surface area contributed by atoms with E-state index in [9.17, 15) is 9.59 Å². The van der Waals surface area contributed by atoms with Gasteiger partial charge in [-0.15, -0.1) is 5.06 Å². The van der Waals surface area contributed by atoms with Crippen molar-refractivity contribution in [2.24, 2.45) is 5.92 Å². The highest BCUT2D eigenvalue weighted by atomic mass is 16.7. The van der Waals surface area contributed by atoms with Gasteiger partial charge in [-0.3, -0.25) is 9.59 Å². The van der Waals surface area contributed by atoms with Gasteiger partial charge in [-0.2, -0.15) is 0 Å². The minimum Gasteiger partial charge on any atom is -0.460 e. The van der Waals surface area contributed by atoms with Crippen molar-refractivity contribution in [3.8, 4) is 0 Å². The molecular formula is C16H17NO4. The maximum Gasteiger partial charge on any atom is 0.327 e. The van der Waals surface area contributed by atoms with Crippen molar-refractivity contribution in [3.05, 3.63) is 48.0 Å². The molecule has 5 heteroatoms. The van der Waals surface area contributed by atoms with Crippen molar-refractivity contribution in [1.29, 1.82) is 0 Å². The highest BCUT2D eigenvalue weighted by Gasteiger charge is 2.49. The number of hydroxylamine groups is 2. The molecule has 0 unspecified atom stereocenters. The van der Waals surface area contributed by atoms with Crippen LogP contribution in [0.15, 0.2) is 42.5 Å². The van der Waals surface area contributed by atoms with Gasteiger partial charge < -0.3 is 9.57 Å². The number of carbonyl (C=O) groups excluding carboxylic acids is 2. The summed E-state index contributed by atoms with van der Waals surface area (Å²) in [4.78, 5) is 28.7. The Hall–Kier alpha value is -2.14. The molecule has 5 nitrogen and oxygen atoms in total. The largest absolute Gasteiger partial charge is 0.460 e. The Bertz CT molecular complexity index is 569. The summed E-state index contributed by atoms with van der Waals surface area (Å²) in [6.07, 6.45) is 4.76. The van der Waals surface area contributed by atoms with E-state index in [0.717, 1.165) is 12.0 Å². The van der Waals surface area contributed by atoms with E-state index in [1.54, 1.807) is 0 Å². The number of hydrogen-bond donors (Lipinski definition) is 0. The van der Waals surface area contributed by atoms with Crippen molar-refractivity contribution >= 4 is 11.9 Å². The summed E-state index contributed by atoms with van der Waals surface area (Å²) >= 11 is 0. The summed E-state index contributed by atoms with van der Waals surface area (Å²) in [5.41, 5.74) is 0.934. The van der Waals surface area contributed by atoms with E-state index in [1.165, 1.54) is 12.0 Å². The molecule has 1 aliphatic carbocycles. The first-order valence-electron chi connectivity index (χ1n) is 7.01. The average molecular weight is 287 g/mol. The molecule has 0 radical (unpaired) electrons. The lowest BCUT2D eigenvalue weighted by molar-refractivity contribution is -0.207. The van der Waals surface area contributed by atoms with E-state index in [2.05, 4.69) is 0 Å². The molecule has 1 saturated heterocycles. The van der Waals surface area contributed by atoms with Crippen LogP contribution in [-0.4, -0.2) is 29.1 Å². The Kier molecular flexibility index (Phi) is 3.75. The molecule has 1 aromatic carbocycles. The molecule has 110 valence electrons. The third-order valence-electron chi connectivity index (χ3n) is 3.80. The van der Waals surface area contributed by atoms with Gasteiger partial charge in [0.2, 0.25) is 0 Å². The van der Waals surface area contributed by atoms with Gasteiger partial charge in [-0.1, -0.05) is 42.5 Å². The standard InChI is InChI=1S/C16H17NO4/c1-11(18)21-17-14-8-7-13(9-14)15(17)16(19)20-10-12-5-3-2-4-6-12/h2-8,13-15H,9-10H2,1H3/t13-,14+,15+/m0/s1. The first-order valence-corrected chi connectivity index (χ1v) is 7.01. The van der Waals surface area contributed by atoms with E-state index in [4.69, 9.17) is 9.57 Å². The highest BCUT2D eigenvalue weighted by Crippen LogP contribution is 2.38. The fraction of sp³-hybridized carbons (Fsp3) is 0.375. The zero-order valence-electron chi connectivity index (χ0n) is 11.8. The van der Waals surface area contributed by atoms with Crippen LogP contribution in [0.3, 0.4) is 0 Å². The number of benzene rings is 1. The van der Waals surface area contributed by atoms with Crippen LogP contribution in [0.2, 0.25) is 0 Å². The lowest BCUT2D eigenvalue weighted by Gasteiger charge is -2.28. The van der Waals surface area contributed by atoms with Crippen LogP contribution < -0.4 is 0 Å². The van der Waals surface area contributed by atoms with Crippen LogP contribution in [0.4, 0.5) is 0 Å². The molecule has 0 saturated carbocycles. The molecule has 2 bridgehead atoms. The number of nitrogens with zero attached hydrogens (tertiary/aromatic N) is 1. The van der Waals surface area contributed by atoms with Crippen LogP contribution in [0.1, 0.15) is 18.9 Å². The molecule has 0 spiro atoms. The zero-order valence-corrected chi connectivity index (χ0v) is 11.8. The minimum absolute atomic E-state index is 0.0202. The number of carbonyl (C=O) groups is 2. The molecule has 0 amide bonds. The molecular weight excluding hydrogens is 270 g/mol. The number of rotatable bonds is 4. The summed E-state index contributed by atoms with van der Waals surface area (Å²) in [6, 6.07) is 8.95. The van der Waals surface area contributed by atoms with Gasteiger partial charge in [0.15, 0.2) is 6.04 Å². The Labute approximate surface area is 123 Å². The molecule has 21 heavy (non-hydrogen) atoms. The molecule has 3 atom stereocenters. The lowest BCUT2D eigenvalue weighted by atomic mass is 10.0. The third kappa shape index (κ3) is 2.83. The molecule has 2 aliphatic rings. The fourth-order valence-electron chi connectivity index (χ4n) is 2.89. The molecule has 0 N–H and O–H groups in total. The monoisotopic (exact) mass is 287 g/mol. The number of hydrogen-bond acceptors (Lipinski definition) is 5. The Balaban J connectivity index is 1.65. The Morgan fingerprint density at radius 3 is 2.71 bits per heavy atom. The maximum atomic E-state index is 12.3. The molecule has 1 heterocycles. The van der Waals surface area contributed by atoms with Crippen molar-refractivity contribution in [2.45, 2.75) is 32.0 Å². The van der Waals surface area contributed by atoms with Gasteiger partial charge in [0.25, 0.3) is 0 Å². The van der Waals surface area contributed by atoms with Gasteiger partial charge in [0.1, 0.15) is 6.61 Å². The highest BCUT2D eigenvalue weighted by molar-refractivity contribution is 5.78. The van der Waals surface area contributed by atoms with E-state index in [1.807, 2.05) is 42.5 Å². The van der Waals surface area contributed by atoms with Gasteiger partial charge in [-0.25, -0.2) is 0 Å². The number of esters is 1. The molecule has 1 aliphatic heterocycles. The average Bonchev–Trinajstić information content (AvgIpc) is 3.06. The van der Waals surface area contributed by atoms with E-state index in [-0.39, 0.29) is 24.5 Å². The smallest absolute Gasteiger partial charge is 0.327 e. The maximum absolute atomic E-state index is 12.3. The second-order valence-electron chi connectivity index (χ2n) is 5.33.